The normalized spacial score (nSPS) is 21.8. The molecule has 1 heterocycles. The average molecular weight is 506 g/mol. The summed E-state index contributed by atoms with van der Waals surface area (Å²) in [4.78, 5) is 39.3. The van der Waals surface area contributed by atoms with Crippen LogP contribution in [-0.2, 0) is 23.9 Å². The summed E-state index contributed by atoms with van der Waals surface area (Å²) in [6.07, 6.45) is -1.04. The third-order valence-corrected chi connectivity index (χ3v) is 5.99. The van der Waals surface area contributed by atoms with Gasteiger partial charge in [0.2, 0.25) is 0 Å². The number of esters is 1. The van der Waals surface area contributed by atoms with Gasteiger partial charge in [0.1, 0.15) is 24.1 Å². The van der Waals surface area contributed by atoms with E-state index in [0.717, 1.165) is 17.4 Å². The molecular formula is C26H29Cl2NO5. The van der Waals surface area contributed by atoms with Gasteiger partial charge in [-0.15, -0.1) is 0 Å². The third-order valence-electron chi connectivity index (χ3n) is 5.50. The van der Waals surface area contributed by atoms with E-state index in [1.165, 1.54) is 0 Å². The Morgan fingerprint density at radius 1 is 1.12 bits per heavy atom. The number of carbonyl (C=O) groups is 3. The fraction of sp³-hybridized carbons (Fsp3) is 0.423. The van der Waals surface area contributed by atoms with Gasteiger partial charge in [-0.1, -0.05) is 47.5 Å². The molecular weight excluding hydrogens is 477 g/mol. The Hall–Kier alpha value is -2.41. The first-order valence-corrected chi connectivity index (χ1v) is 11.9. The summed E-state index contributed by atoms with van der Waals surface area (Å²) in [5, 5.41) is 1.07. The summed E-state index contributed by atoms with van der Waals surface area (Å²) in [5.41, 5.74) is 0.839. The number of hydrogen-bond acceptors (Lipinski definition) is 5. The fourth-order valence-corrected chi connectivity index (χ4v) is 4.44. The molecule has 1 saturated heterocycles. The van der Waals surface area contributed by atoms with Crippen molar-refractivity contribution in [3.8, 4) is 0 Å². The molecule has 0 N–H and O–H groups in total. The van der Waals surface area contributed by atoms with E-state index in [1.54, 1.807) is 62.9 Å². The number of rotatable bonds is 7. The predicted octanol–water partition coefficient (Wildman–Crippen LogP) is 5.71. The van der Waals surface area contributed by atoms with E-state index in [4.69, 9.17) is 32.7 Å². The minimum atomic E-state index is -1.07. The molecule has 3 rings (SSSR count). The number of ether oxygens (including phenoxy) is 2. The van der Waals surface area contributed by atoms with Gasteiger partial charge in [-0.2, -0.15) is 0 Å². The fourth-order valence-electron chi connectivity index (χ4n) is 4.11. The molecule has 0 aliphatic carbocycles. The third kappa shape index (κ3) is 6.38. The number of benzene rings is 2. The Kier molecular flexibility index (Phi) is 8.39. The molecule has 2 aromatic carbocycles. The van der Waals surface area contributed by atoms with E-state index in [0.29, 0.717) is 10.0 Å². The summed E-state index contributed by atoms with van der Waals surface area (Å²) in [6.45, 7) is 7.09. The van der Waals surface area contributed by atoms with Gasteiger partial charge in [-0.25, -0.2) is 0 Å². The number of carbonyl (C=O) groups excluding carboxylic acids is 3. The highest BCUT2D eigenvalue weighted by Gasteiger charge is 2.46. The number of aldehydes is 1. The van der Waals surface area contributed by atoms with Crippen LogP contribution in [0.3, 0.4) is 0 Å². The van der Waals surface area contributed by atoms with E-state index in [-0.39, 0.29) is 18.7 Å². The lowest BCUT2D eigenvalue weighted by Crippen LogP contribution is -2.54. The summed E-state index contributed by atoms with van der Waals surface area (Å²) in [5.74, 6) is -0.915. The Labute approximate surface area is 210 Å². The molecule has 4 atom stereocenters. The van der Waals surface area contributed by atoms with E-state index < -0.39 is 35.9 Å². The van der Waals surface area contributed by atoms with Crippen molar-refractivity contribution in [1.82, 2.24) is 4.90 Å². The highest BCUT2D eigenvalue weighted by atomic mass is 35.5. The molecule has 0 radical (unpaired) electrons. The van der Waals surface area contributed by atoms with Crippen molar-refractivity contribution < 1.29 is 23.9 Å². The van der Waals surface area contributed by atoms with Crippen LogP contribution in [0.2, 0.25) is 10.0 Å². The van der Waals surface area contributed by atoms with Crippen LogP contribution in [0.15, 0.2) is 48.5 Å². The Morgan fingerprint density at radius 2 is 1.79 bits per heavy atom. The van der Waals surface area contributed by atoms with Gasteiger partial charge in [0.15, 0.2) is 0 Å². The summed E-state index contributed by atoms with van der Waals surface area (Å²) in [6, 6.07) is 13.3. The van der Waals surface area contributed by atoms with Crippen LogP contribution in [0, 0.1) is 0 Å². The SMILES string of the molecule is C[C@@H](CC=O)N1C(=O)[C@@H](CC(=O)OC(C)(C)C)O[C@H](c2cccc(Cl)c2)[C@H]1c1ccc(Cl)cc1. The molecule has 0 saturated carbocycles. The maximum Gasteiger partial charge on any atom is 0.309 e. The van der Waals surface area contributed by atoms with E-state index in [9.17, 15) is 14.4 Å². The van der Waals surface area contributed by atoms with Crippen molar-refractivity contribution in [1.29, 1.82) is 0 Å². The van der Waals surface area contributed by atoms with Crippen LogP contribution >= 0.6 is 23.2 Å². The minimum absolute atomic E-state index is 0.136. The van der Waals surface area contributed by atoms with E-state index in [2.05, 4.69) is 0 Å². The first-order valence-electron chi connectivity index (χ1n) is 11.1. The first kappa shape index (κ1) is 26.2. The summed E-state index contributed by atoms with van der Waals surface area (Å²) in [7, 11) is 0. The largest absolute Gasteiger partial charge is 0.460 e. The topological polar surface area (TPSA) is 72.9 Å². The lowest BCUT2D eigenvalue weighted by atomic mass is 9.89. The lowest BCUT2D eigenvalue weighted by molar-refractivity contribution is -0.186. The average Bonchev–Trinajstić information content (AvgIpc) is 2.74. The second kappa shape index (κ2) is 10.9. The van der Waals surface area contributed by atoms with Gasteiger partial charge in [-0.3, -0.25) is 9.59 Å². The molecule has 0 spiro atoms. The maximum atomic E-state index is 13.7. The second-order valence-corrected chi connectivity index (χ2v) is 10.3. The molecule has 2 aromatic rings. The summed E-state index contributed by atoms with van der Waals surface area (Å²) < 4.78 is 11.7. The van der Waals surface area contributed by atoms with Crippen LogP contribution in [0.1, 0.15) is 63.8 Å². The predicted molar refractivity (Wildman–Crippen MR) is 131 cm³/mol. The van der Waals surface area contributed by atoms with E-state index >= 15 is 0 Å². The van der Waals surface area contributed by atoms with Crippen molar-refractivity contribution in [2.24, 2.45) is 0 Å². The zero-order valence-corrected chi connectivity index (χ0v) is 21.2. The lowest BCUT2D eigenvalue weighted by Gasteiger charge is -2.47. The molecule has 182 valence electrons. The highest BCUT2D eigenvalue weighted by Crippen LogP contribution is 2.44. The van der Waals surface area contributed by atoms with Crippen molar-refractivity contribution in [2.45, 2.75) is 70.4 Å². The number of halogens is 2. The van der Waals surface area contributed by atoms with Crippen molar-refractivity contribution >= 4 is 41.4 Å². The molecule has 8 heteroatoms. The van der Waals surface area contributed by atoms with Crippen molar-refractivity contribution in [2.75, 3.05) is 0 Å². The molecule has 0 bridgehead atoms. The number of nitrogens with zero attached hydrogens (tertiary/aromatic N) is 1. The van der Waals surface area contributed by atoms with Gasteiger partial charge < -0.3 is 19.2 Å². The quantitative estimate of drug-likeness (QED) is 0.355. The van der Waals surface area contributed by atoms with Gasteiger partial charge >= 0.3 is 5.97 Å². The van der Waals surface area contributed by atoms with Crippen LogP contribution < -0.4 is 0 Å². The minimum Gasteiger partial charge on any atom is -0.460 e. The Bertz CT molecular complexity index is 1030. The Balaban J connectivity index is 2.08. The molecule has 0 aromatic heterocycles. The monoisotopic (exact) mass is 505 g/mol. The maximum absolute atomic E-state index is 13.7. The van der Waals surface area contributed by atoms with Crippen LogP contribution in [-0.4, -0.2) is 40.8 Å². The zero-order chi connectivity index (χ0) is 25.0. The van der Waals surface area contributed by atoms with Crippen LogP contribution in [0.4, 0.5) is 0 Å². The molecule has 34 heavy (non-hydrogen) atoms. The summed E-state index contributed by atoms with van der Waals surface area (Å²) >= 11 is 12.4. The van der Waals surface area contributed by atoms with Gasteiger partial charge in [0.25, 0.3) is 5.91 Å². The first-order chi connectivity index (χ1) is 16.0. The van der Waals surface area contributed by atoms with Gasteiger partial charge in [-0.05, 0) is 63.1 Å². The highest BCUT2D eigenvalue weighted by molar-refractivity contribution is 6.30. The van der Waals surface area contributed by atoms with Crippen LogP contribution in [0.5, 0.6) is 0 Å². The number of morpholine rings is 1. The van der Waals surface area contributed by atoms with Gasteiger partial charge in [0, 0.05) is 22.5 Å². The smallest absolute Gasteiger partial charge is 0.309 e. The molecule has 1 fully saturated rings. The van der Waals surface area contributed by atoms with Gasteiger partial charge in [0.05, 0.1) is 12.5 Å². The van der Waals surface area contributed by atoms with Crippen molar-refractivity contribution in [3.05, 3.63) is 69.7 Å². The Morgan fingerprint density at radius 3 is 2.38 bits per heavy atom. The second-order valence-electron chi connectivity index (χ2n) is 9.38. The molecule has 1 amide bonds. The van der Waals surface area contributed by atoms with Crippen molar-refractivity contribution in [3.63, 3.8) is 0 Å². The number of hydrogen-bond donors (Lipinski definition) is 0. The molecule has 0 unspecified atom stereocenters. The zero-order valence-electron chi connectivity index (χ0n) is 19.7. The molecule has 1 aliphatic rings. The number of amides is 1. The molecule has 6 nitrogen and oxygen atoms in total. The van der Waals surface area contributed by atoms with E-state index in [1.807, 2.05) is 18.2 Å². The molecule has 1 aliphatic heterocycles. The van der Waals surface area contributed by atoms with Crippen LogP contribution in [0.25, 0.3) is 0 Å². The standard InChI is InChI=1S/C26H29Cl2NO5/c1-16(12-13-30)29-23(17-8-10-19(27)11-9-17)24(18-6-5-7-20(28)14-18)33-21(25(29)32)15-22(31)34-26(2,3)4/h5-11,13-14,16,21,23-24H,12,15H2,1-4H3/t16-,21+,23+,24+/m0/s1.